The summed E-state index contributed by atoms with van der Waals surface area (Å²) in [6.07, 6.45) is 8.11. The molecule has 0 saturated heterocycles. The van der Waals surface area contributed by atoms with Crippen LogP contribution >= 0.6 is 0 Å². The van der Waals surface area contributed by atoms with Gasteiger partial charge in [0, 0.05) is 43.2 Å². The second-order valence-electron chi connectivity index (χ2n) is 16.6. The summed E-state index contributed by atoms with van der Waals surface area (Å²) in [5.41, 5.74) is 22.1. The molecule has 1 aliphatic heterocycles. The van der Waals surface area contributed by atoms with Crippen LogP contribution in [0.2, 0.25) is 0 Å². The summed E-state index contributed by atoms with van der Waals surface area (Å²) < 4.78 is 12.3. The van der Waals surface area contributed by atoms with Crippen molar-refractivity contribution in [1.82, 2.24) is 26.2 Å². The van der Waals surface area contributed by atoms with E-state index >= 15 is 0 Å². The number of unbranched alkanes of at least 4 members (excludes halogenated alkanes) is 4. The second kappa shape index (κ2) is 24.2. The number of hydrogen-bond acceptors (Lipinski definition) is 11. The molecule has 4 unspecified atom stereocenters. The Hall–Kier alpha value is -6.02. The number of fused-ring (bicyclic) bond motifs is 5. The number of aryl methyl sites for hydroxylation is 2. The highest BCUT2D eigenvalue weighted by atomic mass is 16.5. The summed E-state index contributed by atoms with van der Waals surface area (Å²) >= 11 is 0. The molecule has 64 heavy (non-hydrogen) atoms. The minimum atomic E-state index is -1.34. The average molecular weight is 880 g/mol. The smallest absolute Gasteiger partial charge is 0.252 e. The first-order valence-corrected chi connectivity index (χ1v) is 22.5. The van der Waals surface area contributed by atoms with Gasteiger partial charge in [0.2, 0.25) is 23.6 Å². The zero-order valence-electron chi connectivity index (χ0n) is 37.4. The van der Waals surface area contributed by atoms with Gasteiger partial charge in [-0.3, -0.25) is 24.0 Å². The SMILES string of the molecule is CCCCCCCc1ccc(C(=O)NC(CCN)C(=O)N(C)C2C(=O)NC(C3CC3)C(=O)NC(C(=O)NCC#N)Cc3ccc(OCCN)c(c3)-c3cc2ccc3OCCN)c(C)c1. The van der Waals surface area contributed by atoms with E-state index in [0.717, 1.165) is 30.4 Å². The van der Waals surface area contributed by atoms with E-state index < -0.39 is 53.7 Å². The lowest BCUT2D eigenvalue weighted by atomic mass is 9.93. The van der Waals surface area contributed by atoms with Gasteiger partial charge in [0.1, 0.15) is 55.4 Å². The topological polar surface area (TPSA) is 257 Å². The molecule has 5 amide bonds. The Morgan fingerprint density at radius 3 is 2.20 bits per heavy atom. The fourth-order valence-electron chi connectivity index (χ4n) is 8.10. The minimum Gasteiger partial charge on any atom is -0.492 e. The van der Waals surface area contributed by atoms with E-state index in [2.05, 4.69) is 28.2 Å². The van der Waals surface area contributed by atoms with Gasteiger partial charge in [0.15, 0.2) is 0 Å². The Morgan fingerprint density at radius 1 is 0.875 bits per heavy atom. The van der Waals surface area contributed by atoms with E-state index in [-0.39, 0.29) is 58.2 Å². The molecule has 1 fully saturated rings. The molecule has 16 heteroatoms. The number of nitrogens with two attached hydrogens (primary N) is 3. The van der Waals surface area contributed by atoms with Gasteiger partial charge in [-0.25, -0.2) is 0 Å². The zero-order valence-corrected chi connectivity index (χ0v) is 37.4. The molecule has 2 aliphatic rings. The van der Waals surface area contributed by atoms with Crippen molar-refractivity contribution < 1.29 is 33.4 Å². The molecule has 344 valence electrons. The van der Waals surface area contributed by atoms with Crippen LogP contribution in [0.15, 0.2) is 54.6 Å². The van der Waals surface area contributed by atoms with Crippen molar-refractivity contribution in [3.63, 3.8) is 0 Å². The van der Waals surface area contributed by atoms with Gasteiger partial charge >= 0.3 is 0 Å². The van der Waals surface area contributed by atoms with Crippen molar-refractivity contribution in [2.45, 2.75) is 102 Å². The number of rotatable bonds is 21. The molecule has 3 aromatic carbocycles. The van der Waals surface area contributed by atoms with Gasteiger partial charge < -0.3 is 52.8 Å². The van der Waals surface area contributed by atoms with Crippen molar-refractivity contribution >= 4 is 29.5 Å². The quantitative estimate of drug-likeness (QED) is 0.0605. The molecule has 5 rings (SSSR count). The Morgan fingerprint density at radius 2 is 1.56 bits per heavy atom. The molecular weight excluding hydrogens is 815 g/mol. The summed E-state index contributed by atoms with van der Waals surface area (Å²) in [6, 6.07) is 13.4. The molecule has 3 aromatic rings. The Bertz CT molecular complexity index is 2150. The predicted molar refractivity (Wildman–Crippen MR) is 244 cm³/mol. The molecular formula is C48H65N9O7. The summed E-state index contributed by atoms with van der Waals surface area (Å²) in [7, 11) is 1.47. The molecule has 1 aliphatic carbocycles. The second-order valence-corrected chi connectivity index (χ2v) is 16.6. The lowest BCUT2D eigenvalue weighted by Gasteiger charge is -2.33. The summed E-state index contributed by atoms with van der Waals surface area (Å²) in [4.78, 5) is 72.4. The maximum atomic E-state index is 14.9. The Labute approximate surface area is 376 Å². The largest absolute Gasteiger partial charge is 0.492 e. The maximum absolute atomic E-state index is 14.9. The van der Waals surface area contributed by atoms with Crippen LogP contribution in [0.1, 0.15) is 96.9 Å². The molecule has 16 nitrogen and oxygen atoms in total. The third-order valence-corrected chi connectivity index (χ3v) is 11.6. The molecule has 1 heterocycles. The van der Waals surface area contributed by atoms with Crippen LogP contribution in [0.3, 0.4) is 0 Å². The standard InChI is InChI=1S/C48H65N9O7/c1-4-5-6-7-8-9-31-10-15-35(30(2)26-31)44(58)54-38(18-19-49)48(62)57(3)43-34-14-17-41(64-25-22-52)37(29-34)36-27-32(11-16-40(36)63-24-21-51)28-39(45(59)53-23-20-50)55-46(60)42(33-12-13-33)56-47(43)61/h10-11,14-17,26-27,29,33,38-39,42-43H,4-9,12-13,18-19,21-25,28,49,51-52H2,1-3H3,(H,53,59)(H,54,58)(H,55,60)(H,56,61). The summed E-state index contributed by atoms with van der Waals surface area (Å²) in [6.45, 7) is 4.59. The number of nitriles is 1. The highest BCUT2D eigenvalue weighted by Gasteiger charge is 2.42. The van der Waals surface area contributed by atoms with E-state index in [1.54, 1.807) is 42.5 Å². The third kappa shape index (κ3) is 13.0. The molecule has 4 bridgehead atoms. The van der Waals surface area contributed by atoms with Gasteiger partial charge in [-0.2, -0.15) is 5.26 Å². The summed E-state index contributed by atoms with van der Waals surface area (Å²) in [5, 5.41) is 20.4. The van der Waals surface area contributed by atoms with Crippen molar-refractivity contribution in [3.8, 4) is 28.7 Å². The fraction of sp³-hybridized carbons (Fsp3) is 0.500. The molecule has 10 N–H and O–H groups in total. The first-order valence-electron chi connectivity index (χ1n) is 22.5. The zero-order chi connectivity index (χ0) is 46.2. The van der Waals surface area contributed by atoms with Crippen molar-refractivity contribution in [2.24, 2.45) is 23.1 Å². The van der Waals surface area contributed by atoms with Gasteiger partial charge in [0.25, 0.3) is 5.91 Å². The number of nitrogens with zero attached hydrogens (tertiary/aromatic N) is 2. The number of hydrogen-bond donors (Lipinski definition) is 7. The van der Waals surface area contributed by atoms with Gasteiger partial charge in [-0.1, -0.05) is 56.9 Å². The normalized spacial score (nSPS) is 17.7. The Kier molecular flexibility index (Phi) is 18.5. The van der Waals surface area contributed by atoms with Crippen LogP contribution in [0.5, 0.6) is 11.5 Å². The fourth-order valence-corrected chi connectivity index (χ4v) is 8.10. The minimum absolute atomic E-state index is 0.0358. The number of carbonyl (C=O) groups is 5. The van der Waals surface area contributed by atoms with Crippen LogP contribution in [0.25, 0.3) is 11.1 Å². The number of nitrogens with one attached hydrogen (secondary N) is 4. The number of likely N-dealkylation sites (N-methyl/N-ethyl adjacent to an activating group) is 1. The van der Waals surface area contributed by atoms with Crippen LogP contribution in [0, 0.1) is 24.2 Å². The third-order valence-electron chi connectivity index (χ3n) is 11.6. The summed E-state index contributed by atoms with van der Waals surface area (Å²) in [5.74, 6) is -2.26. The average Bonchev–Trinajstić information content (AvgIpc) is 4.13. The van der Waals surface area contributed by atoms with Crippen LogP contribution in [0.4, 0.5) is 0 Å². The van der Waals surface area contributed by atoms with Crippen LogP contribution in [-0.4, -0.2) is 99.0 Å². The van der Waals surface area contributed by atoms with E-state index in [4.69, 9.17) is 26.7 Å². The van der Waals surface area contributed by atoms with Crippen molar-refractivity contribution in [2.75, 3.05) is 46.4 Å². The van der Waals surface area contributed by atoms with E-state index in [1.165, 1.54) is 31.2 Å². The molecule has 0 aromatic heterocycles. The molecule has 4 atom stereocenters. The van der Waals surface area contributed by atoms with Gasteiger partial charge in [0.05, 0.1) is 6.07 Å². The molecule has 0 spiro atoms. The van der Waals surface area contributed by atoms with Crippen molar-refractivity contribution in [3.05, 3.63) is 82.4 Å². The number of ether oxygens (including phenoxy) is 2. The first-order chi connectivity index (χ1) is 30.9. The number of amides is 5. The van der Waals surface area contributed by atoms with Crippen LogP contribution < -0.4 is 47.9 Å². The monoisotopic (exact) mass is 880 g/mol. The molecule has 1 saturated carbocycles. The number of benzene rings is 3. The van der Waals surface area contributed by atoms with E-state index in [1.807, 2.05) is 25.1 Å². The lowest BCUT2D eigenvalue weighted by molar-refractivity contribution is -0.142. The lowest BCUT2D eigenvalue weighted by Crippen LogP contribution is -2.57. The highest BCUT2D eigenvalue weighted by molar-refractivity contribution is 6.00. The van der Waals surface area contributed by atoms with Crippen molar-refractivity contribution in [1.29, 1.82) is 5.26 Å². The van der Waals surface area contributed by atoms with E-state index in [0.29, 0.717) is 52.2 Å². The van der Waals surface area contributed by atoms with E-state index in [9.17, 15) is 29.2 Å². The van der Waals surface area contributed by atoms with Gasteiger partial charge in [-0.05, 0) is 104 Å². The van der Waals surface area contributed by atoms with Gasteiger partial charge in [-0.15, -0.1) is 0 Å². The predicted octanol–water partition coefficient (Wildman–Crippen LogP) is 3.07. The molecule has 0 radical (unpaired) electrons. The number of carbonyl (C=O) groups excluding carboxylic acids is 5. The first kappa shape index (κ1) is 49.0. The maximum Gasteiger partial charge on any atom is 0.252 e. The Balaban J connectivity index is 1.57. The van der Waals surface area contributed by atoms with Crippen LogP contribution in [-0.2, 0) is 32.0 Å². The highest BCUT2D eigenvalue weighted by Crippen LogP contribution is 2.41.